The predicted molar refractivity (Wildman–Crippen MR) is 142 cm³/mol. The maximum Gasteiger partial charge on any atom is 0.347 e. The summed E-state index contributed by atoms with van der Waals surface area (Å²) in [6, 6.07) is 12.9. The van der Waals surface area contributed by atoms with Gasteiger partial charge in [0.2, 0.25) is 0 Å². The van der Waals surface area contributed by atoms with Crippen molar-refractivity contribution < 1.29 is 19.0 Å². The van der Waals surface area contributed by atoms with Crippen LogP contribution in [-0.4, -0.2) is 68.4 Å². The quantitative estimate of drug-likeness (QED) is 0.223. The Kier molecular flexibility index (Phi) is 8.21. The molecule has 36 heavy (non-hydrogen) atoms. The van der Waals surface area contributed by atoms with Crippen molar-refractivity contribution in [1.82, 2.24) is 9.88 Å². The molecule has 0 bridgehead atoms. The van der Waals surface area contributed by atoms with Gasteiger partial charge < -0.3 is 19.1 Å². The van der Waals surface area contributed by atoms with E-state index in [0.717, 1.165) is 69.9 Å². The van der Waals surface area contributed by atoms with E-state index in [9.17, 15) is 4.79 Å². The van der Waals surface area contributed by atoms with Crippen LogP contribution in [0, 0.1) is 0 Å². The van der Waals surface area contributed by atoms with Gasteiger partial charge >= 0.3 is 5.97 Å². The van der Waals surface area contributed by atoms with Gasteiger partial charge in [0, 0.05) is 31.6 Å². The minimum absolute atomic E-state index is 0.266. The molecule has 8 heteroatoms. The van der Waals surface area contributed by atoms with Gasteiger partial charge in [-0.05, 0) is 56.5 Å². The summed E-state index contributed by atoms with van der Waals surface area (Å²) < 4.78 is 17.2. The van der Waals surface area contributed by atoms with Crippen molar-refractivity contribution >= 4 is 34.2 Å². The predicted octanol–water partition coefficient (Wildman–Crippen LogP) is 5.20. The number of carbonyl (C=O) groups excluding carboxylic acids is 1. The largest absolute Gasteiger partial charge is 0.490 e. The zero-order valence-electron chi connectivity index (χ0n) is 20.5. The van der Waals surface area contributed by atoms with E-state index in [1.807, 2.05) is 30.5 Å². The first-order chi connectivity index (χ1) is 17.7. The van der Waals surface area contributed by atoms with Crippen LogP contribution in [0.2, 0.25) is 5.02 Å². The third-order valence-electron chi connectivity index (χ3n) is 6.74. The second kappa shape index (κ2) is 11.9. The van der Waals surface area contributed by atoms with Crippen LogP contribution in [-0.2, 0) is 4.74 Å². The molecule has 0 N–H and O–H groups in total. The van der Waals surface area contributed by atoms with E-state index in [-0.39, 0.29) is 5.56 Å². The Morgan fingerprint density at radius 2 is 1.78 bits per heavy atom. The van der Waals surface area contributed by atoms with Gasteiger partial charge in [-0.2, -0.15) is 0 Å². The molecule has 2 saturated heterocycles. The van der Waals surface area contributed by atoms with Crippen LogP contribution < -0.4 is 14.4 Å². The third kappa shape index (κ3) is 5.91. The molecule has 2 fully saturated rings. The number of unbranched alkanes of at least 4 members (excludes halogenated alkanes) is 1. The molecule has 3 heterocycles. The lowest BCUT2D eigenvalue weighted by molar-refractivity contribution is 0.0367. The molecule has 0 unspecified atom stereocenters. The Balaban J connectivity index is 1.24. The number of nitrogens with zero attached hydrogens (tertiary/aromatic N) is 3. The zero-order valence-corrected chi connectivity index (χ0v) is 21.2. The molecule has 0 amide bonds. The molecule has 7 nitrogen and oxygen atoms in total. The highest BCUT2D eigenvalue weighted by atomic mass is 35.5. The highest BCUT2D eigenvalue weighted by molar-refractivity contribution is 6.35. The monoisotopic (exact) mass is 509 g/mol. The van der Waals surface area contributed by atoms with Gasteiger partial charge in [0.25, 0.3) is 0 Å². The standard InChI is InChI=1S/C28H32ClN3O4/c29-23-10-9-21-19-22(32-12-3-4-13-32)20-30-27(21)26(23)28(33)36-25-8-2-1-7-24(25)35-16-6-5-11-31-14-17-34-18-15-31/h1-2,7-10,19-20H,3-6,11-18H2. The average Bonchev–Trinajstić information content (AvgIpc) is 3.45. The number of aromatic nitrogens is 1. The van der Waals surface area contributed by atoms with Crippen LogP contribution in [0.4, 0.5) is 5.69 Å². The summed E-state index contributed by atoms with van der Waals surface area (Å²) in [7, 11) is 0. The summed E-state index contributed by atoms with van der Waals surface area (Å²) in [5.41, 5.74) is 1.87. The Morgan fingerprint density at radius 1 is 1.00 bits per heavy atom. The van der Waals surface area contributed by atoms with Crippen LogP contribution in [0.3, 0.4) is 0 Å². The van der Waals surface area contributed by atoms with Crippen LogP contribution >= 0.6 is 11.6 Å². The number of carbonyl (C=O) groups is 1. The molecule has 0 radical (unpaired) electrons. The number of pyridine rings is 1. The van der Waals surface area contributed by atoms with Crippen LogP contribution in [0.15, 0.2) is 48.7 Å². The molecule has 3 aromatic rings. The lowest BCUT2D eigenvalue weighted by atomic mass is 10.1. The smallest absolute Gasteiger partial charge is 0.347 e. The first-order valence-electron chi connectivity index (χ1n) is 12.8. The molecule has 0 aliphatic carbocycles. The van der Waals surface area contributed by atoms with Crippen molar-refractivity contribution in [3.8, 4) is 11.5 Å². The normalized spacial score (nSPS) is 16.4. The van der Waals surface area contributed by atoms with E-state index in [1.165, 1.54) is 12.8 Å². The minimum Gasteiger partial charge on any atom is -0.490 e. The average molecular weight is 510 g/mol. The van der Waals surface area contributed by atoms with Gasteiger partial charge in [-0.3, -0.25) is 9.88 Å². The van der Waals surface area contributed by atoms with Crippen LogP contribution in [0.25, 0.3) is 10.9 Å². The molecule has 2 aromatic carbocycles. The van der Waals surface area contributed by atoms with Gasteiger partial charge in [-0.1, -0.05) is 29.8 Å². The van der Waals surface area contributed by atoms with Gasteiger partial charge in [0.1, 0.15) is 5.56 Å². The summed E-state index contributed by atoms with van der Waals surface area (Å²) in [6.07, 6.45) is 6.14. The number of rotatable bonds is 9. The second-order valence-corrected chi connectivity index (χ2v) is 9.63. The molecule has 190 valence electrons. The molecule has 2 aliphatic heterocycles. The summed E-state index contributed by atoms with van der Waals surface area (Å²) >= 11 is 6.46. The number of morpholine rings is 1. The van der Waals surface area contributed by atoms with Gasteiger partial charge in [0.05, 0.1) is 42.2 Å². The van der Waals surface area contributed by atoms with Crippen molar-refractivity contribution in [2.45, 2.75) is 25.7 Å². The van der Waals surface area contributed by atoms with E-state index in [1.54, 1.807) is 12.1 Å². The van der Waals surface area contributed by atoms with Crippen LogP contribution in [0.5, 0.6) is 11.5 Å². The van der Waals surface area contributed by atoms with E-state index >= 15 is 0 Å². The van der Waals surface area contributed by atoms with Crippen molar-refractivity contribution in [2.24, 2.45) is 0 Å². The molecular weight excluding hydrogens is 478 g/mol. The fraction of sp³-hybridized carbons (Fsp3) is 0.429. The third-order valence-corrected chi connectivity index (χ3v) is 7.06. The Labute approximate surface area is 216 Å². The van der Waals surface area contributed by atoms with E-state index in [4.69, 9.17) is 25.8 Å². The Bertz CT molecular complexity index is 1190. The number of anilines is 1. The summed E-state index contributed by atoms with van der Waals surface area (Å²) in [5.74, 6) is 0.366. The van der Waals surface area contributed by atoms with Crippen molar-refractivity contribution in [1.29, 1.82) is 0 Å². The zero-order chi connectivity index (χ0) is 24.7. The molecule has 5 rings (SSSR count). The van der Waals surface area contributed by atoms with E-state index < -0.39 is 5.97 Å². The van der Waals surface area contributed by atoms with E-state index in [2.05, 4.69) is 20.9 Å². The van der Waals surface area contributed by atoms with E-state index in [0.29, 0.717) is 28.6 Å². The Hall–Kier alpha value is -2.87. The number of halogens is 1. The highest BCUT2D eigenvalue weighted by Crippen LogP contribution is 2.32. The Morgan fingerprint density at radius 3 is 2.58 bits per heavy atom. The molecular formula is C28H32ClN3O4. The van der Waals surface area contributed by atoms with Gasteiger partial charge in [0.15, 0.2) is 11.5 Å². The van der Waals surface area contributed by atoms with Gasteiger partial charge in [-0.15, -0.1) is 0 Å². The fourth-order valence-electron chi connectivity index (χ4n) is 4.76. The SMILES string of the molecule is O=C(Oc1ccccc1OCCCCN1CCOCC1)c1c(Cl)ccc2cc(N3CCCC3)cnc12. The summed E-state index contributed by atoms with van der Waals surface area (Å²) in [4.78, 5) is 22.6. The number of fused-ring (bicyclic) bond motifs is 1. The van der Waals surface area contributed by atoms with Crippen molar-refractivity contribution in [3.63, 3.8) is 0 Å². The second-order valence-electron chi connectivity index (χ2n) is 9.23. The highest BCUT2D eigenvalue weighted by Gasteiger charge is 2.21. The number of hydrogen-bond donors (Lipinski definition) is 0. The number of esters is 1. The molecule has 1 aromatic heterocycles. The number of para-hydroxylation sites is 2. The summed E-state index contributed by atoms with van der Waals surface area (Å²) in [6.45, 7) is 7.25. The van der Waals surface area contributed by atoms with Crippen LogP contribution in [0.1, 0.15) is 36.0 Å². The maximum atomic E-state index is 13.3. The van der Waals surface area contributed by atoms with Crippen molar-refractivity contribution in [2.75, 3.05) is 57.4 Å². The molecule has 0 saturated carbocycles. The first kappa shape index (κ1) is 24.8. The first-order valence-corrected chi connectivity index (χ1v) is 13.1. The minimum atomic E-state index is -0.546. The maximum absolute atomic E-state index is 13.3. The number of hydrogen-bond acceptors (Lipinski definition) is 7. The summed E-state index contributed by atoms with van der Waals surface area (Å²) in [5, 5.41) is 1.18. The molecule has 0 spiro atoms. The molecule has 0 atom stereocenters. The topological polar surface area (TPSA) is 64.1 Å². The number of ether oxygens (including phenoxy) is 3. The van der Waals surface area contributed by atoms with Gasteiger partial charge in [-0.25, -0.2) is 4.79 Å². The lowest BCUT2D eigenvalue weighted by Crippen LogP contribution is -2.36. The van der Waals surface area contributed by atoms with Crippen molar-refractivity contribution in [3.05, 3.63) is 59.2 Å². The number of benzene rings is 2. The fourth-order valence-corrected chi connectivity index (χ4v) is 4.99. The lowest BCUT2D eigenvalue weighted by Gasteiger charge is -2.26. The molecule has 2 aliphatic rings.